The molecule has 0 aliphatic carbocycles. The number of nitrogens with one attached hydrogen (secondary N) is 2. The van der Waals surface area contributed by atoms with Crippen LogP contribution in [0.15, 0.2) is 41.9 Å². The largest absolute Gasteiger partial charge is 0.379 e. The summed E-state index contributed by atoms with van der Waals surface area (Å²) < 4.78 is 12.1. The molecule has 0 radical (unpaired) electrons. The highest BCUT2D eigenvalue weighted by Gasteiger charge is 2.43. The van der Waals surface area contributed by atoms with Crippen LogP contribution < -0.4 is 16.4 Å². The Bertz CT molecular complexity index is 1380. The number of carbonyl (C=O) groups is 3. The van der Waals surface area contributed by atoms with Gasteiger partial charge in [-0.25, -0.2) is 4.98 Å². The van der Waals surface area contributed by atoms with Gasteiger partial charge in [-0.05, 0) is 58.6 Å². The summed E-state index contributed by atoms with van der Waals surface area (Å²) in [6, 6.07) is 8.95. The lowest BCUT2D eigenvalue weighted by Gasteiger charge is -2.41. The number of rotatable bonds is 22. The number of amides is 2. The Morgan fingerprint density at radius 1 is 1.12 bits per heavy atom. The van der Waals surface area contributed by atoms with E-state index in [4.69, 9.17) is 15.2 Å². The highest BCUT2D eigenvalue weighted by Crippen LogP contribution is 2.33. The van der Waals surface area contributed by atoms with Crippen molar-refractivity contribution in [1.82, 2.24) is 25.4 Å². The zero-order valence-corrected chi connectivity index (χ0v) is 34.1. The van der Waals surface area contributed by atoms with Crippen molar-refractivity contribution in [2.24, 2.45) is 17.6 Å². The van der Waals surface area contributed by atoms with Gasteiger partial charge >= 0.3 is 0 Å². The summed E-state index contributed by atoms with van der Waals surface area (Å²) in [5.74, 6) is -0.500. The van der Waals surface area contributed by atoms with Crippen molar-refractivity contribution in [2.75, 3.05) is 41.4 Å². The Morgan fingerprint density at radius 2 is 1.81 bits per heavy atom. The van der Waals surface area contributed by atoms with Gasteiger partial charge in [-0.15, -0.1) is 11.3 Å². The van der Waals surface area contributed by atoms with Gasteiger partial charge in [0, 0.05) is 75.8 Å². The second-order valence-electron chi connectivity index (χ2n) is 15.2. The van der Waals surface area contributed by atoms with Crippen LogP contribution in [0.1, 0.15) is 90.1 Å². The van der Waals surface area contributed by atoms with Gasteiger partial charge in [0.15, 0.2) is 0 Å². The number of nitrogens with zero attached hydrogens (tertiary/aromatic N) is 3. The van der Waals surface area contributed by atoms with Gasteiger partial charge in [0.05, 0.1) is 41.8 Å². The van der Waals surface area contributed by atoms with Crippen LogP contribution in [0.3, 0.4) is 0 Å². The highest BCUT2D eigenvalue weighted by molar-refractivity contribution is 7.09. The average Bonchev–Trinajstić information content (AvgIpc) is 3.87. The van der Waals surface area contributed by atoms with Gasteiger partial charge in [0.2, 0.25) is 11.8 Å². The molecule has 1 aromatic heterocycles. The van der Waals surface area contributed by atoms with Crippen molar-refractivity contribution < 1.29 is 23.9 Å². The Balaban J connectivity index is 1.76. The third-order valence-electron chi connectivity index (χ3n) is 11.6. The summed E-state index contributed by atoms with van der Waals surface area (Å²) in [7, 11) is 6.93. The maximum Gasteiger partial charge on any atom is 0.241 e. The number of ketones is 1. The smallest absolute Gasteiger partial charge is 0.241 e. The van der Waals surface area contributed by atoms with Crippen molar-refractivity contribution in [3.63, 3.8) is 0 Å². The zero-order valence-electron chi connectivity index (χ0n) is 33.3. The first kappa shape index (κ1) is 43.7. The van der Waals surface area contributed by atoms with Crippen molar-refractivity contribution in [3.05, 3.63) is 52.5 Å². The summed E-state index contributed by atoms with van der Waals surface area (Å²) >= 11 is 1.58. The number of hydrogen-bond donors (Lipinski definition) is 3. The number of carbonyl (C=O) groups excluding carboxylic acids is 3. The number of likely N-dealkylation sites (tertiary alicyclic amines) is 1. The number of nitrogens with two attached hydrogens (primary N) is 1. The van der Waals surface area contributed by atoms with E-state index < -0.39 is 24.2 Å². The van der Waals surface area contributed by atoms with Crippen LogP contribution in [-0.2, 0) is 30.3 Å². The fourth-order valence-electron chi connectivity index (χ4n) is 7.56. The van der Waals surface area contributed by atoms with Gasteiger partial charge in [-0.3, -0.25) is 14.4 Å². The molecule has 1 aromatic carbocycles. The van der Waals surface area contributed by atoms with Gasteiger partial charge < -0.3 is 35.6 Å². The molecule has 1 aliphatic rings. The number of thiazole rings is 1. The quantitative estimate of drug-likeness (QED) is 0.157. The molecule has 1 saturated heterocycles. The monoisotopic (exact) mass is 742 g/mol. The van der Waals surface area contributed by atoms with E-state index in [0.29, 0.717) is 13.0 Å². The molecule has 1 aliphatic heterocycles. The van der Waals surface area contributed by atoms with Gasteiger partial charge in [-0.2, -0.15) is 0 Å². The number of hydrogen-bond acceptors (Lipinski definition) is 10. The van der Waals surface area contributed by atoms with Crippen LogP contribution in [0.25, 0.3) is 0 Å². The van der Waals surface area contributed by atoms with Crippen molar-refractivity contribution in [2.45, 2.75) is 128 Å². The van der Waals surface area contributed by atoms with E-state index in [2.05, 4.69) is 55.4 Å². The lowest BCUT2D eigenvalue weighted by molar-refractivity contribution is -0.146. The first-order valence-electron chi connectivity index (χ1n) is 19.0. The fraction of sp³-hybridized carbons (Fsp3) is 0.700. The standard InChI is InChI=1S/C40H66N6O5S/c1-11-26(2)36(45(8)39(49)31(25-41)44-28(4)40(5,6)42-7)34(50-9)24-35(48)46-20-15-18-32(46)37(51-10)27(3)33(47)23-30(38-43-19-21-52-38)22-29-16-13-12-14-17-29/h12-14,16-17,19,21,26-28,30-32,34,36-37,42,44H,11,15,18,20,22-25,41H2,1-10H3/t26-,27-,28?,30+,31-,32-,34+,36-,37+/m0/s1. The maximum absolute atomic E-state index is 14.2. The second-order valence-corrected chi connectivity index (χ2v) is 16.1. The molecule has 11 nitrogen and oxygen atoms in total. The maximum atomic E-state index is 14.2. The van der Waals surface area contributed by atoms with Gasteiger partial charge in [0.1, 0.15) is 5.78 Å². The van der Waals surface area contributed by atoms with E-state index in [1.165, 1.54) is 0 Å². The molecule has 3 rings (SSSR count). The minimum Gasteiger partial charge on any atom is -0.379 e. The zero-order chi connectivity index (χ0) is 38.6. The predicted octanol–water partition coefficient (Wildman–Crippen LogP) is 4.65. The fourth-order valence-corrected chi connectivity index (χ4v) is 8.30. The number of ether oxygens (including phenoxy) is 2. The van der Waals surface area contributed by atoms with E-state index >= 15 is 0 Å². The molecule has 12 heteroatoms. The minimum atomic E-state index is -0.597. The first-order valence-corrected chi connectivity index (χ1v) is 19.8. The number of benzene rings is 1. The Morgan fingerprint density at radius 3 is 2.37 bits per heavy atom. The number of likely N-dealkylation sites (N-methyl/N-ethyl adjacent to an activating group) is 2. The normalized spacial score (nSPS) is 19.7. The van der Waals surface area contributed by atoms with Crippen LogP contribution in [0.2, 0.25) is 0 Å². The molecule has 1 fully saturated rings. The molecular formula is C40H66N6O5S. The highest BCUT2D eigenvalue weighted by atomic mass is 32.1. The lowest BCUT2D eigenvalue weighted by Crippen LogP contribution is -2.62. The van der Waals surface area contributed by atoms with Crippen LogP contribution >= 0.6 is 11.3 Å². The Labute approximate surface area is 316 Å². The summed E-state index contributed by atoms with van der Waals surface area (Å²) in [5.41, 5.74) is 7.06. The molecule has 52 heavy (non-hydrogen) atoms. The molecular weight excluding hydrogens is 677 g/mol. The van der Waals surface area contributed by atoms with Crippen LogP contribution in [-0.4, -0.2) is 116 Å². The molecule has 4 N–H and O–H groups in total. The molecule has 292 valence electrons. The van der Waals surface area contributed by atoms with Gasteiger partial charge in [0.25, 0.3) is 0 Å². The van der Waals surface area contributed by atoms with Crippen LogP contribution in [0.5, 0.6) is 0 Å². The lowest BCUT2D eigenvalue weighted by atomic mass is 9.85. The van der Waals surface area contributed by atoms with E-state index in [-0.39, 0.29) is 66.1 Å². The third-order valence-corrected chi connectivity index (χ3v) is 12.6. The van der Waals surface area contributed by atoms with E-state index in [9.17, 15) is 14.4 Å². The van der Waals surface area contributed by atoms with Crippen LogP contribution in [0, 0.1) is 11.8 Å². The molecule has 2 aromatic rings. The van der Waals surface area contributed by atoms with Crippen molar-refractivity contribution >= 4 is 28.9 Å². The van der Waals surface area contributed by atoms with Crippen molar-refractivity contribution in [1.29, 1.82) is 0 Å². The number of methoxy groups -OCH3 is 2. The second kappa shape index (κ2) is 20.6. The topological polar surface area (TPSA) is 139 Å². The SMILES string of the molecule is CC[C@H](C)[C@@H]([C@@H](CC(=O)N1CCC[C@H]1[C@H](OC)[C@@H](C)C(=O)C[C@@H](Cc1ccccc1)c1nccs1)OC)N(C)C(=O)[C@H](CN)NC(C)C(C)(C)NC. The molecule has 0 bridgehead atoms. The average molecular weight is 743 g/mol. The van der Waals surface area contributed by atoms with Crippen molar-refractivity contribution in [3.8, 4) is 0 Å². The molecule has 9 atom stereocenters. The third kappa shape index (κ3) is 11.1. The number of Topliss-reactive ketones (excluding diaryl/α,β-unsaturated/α-hetero) is 1. The van der Waals surface area contributed by atoms with E-state index in [0.717, 1.165) is 36.3 Å². The first-order chi connectivity index (χ1) is 24.7. The Hall–Kier alpha value is -2.74. The molecule has 0 spiro atoms. The minimum absolute atomic E-state index is 0.0390. The van der Waals surface area contributed by atoms with Crippen LogP contribution in [0.4, 0.5) is 0 Å². The molecule has 0 saturated carbocycles. The summed E-state index contributed by atoms with van der Waals surface area (Å²) in [4.78, 5) is 50.3. The molecule has 1 unspecified atom stereocenters. The summed E-state index contributed by atoms with van der Waals surface area (Å²) in [5, 5.41) is 9.63. The molecule has 2 amide bonds. The van der Waals surface area contributed by atoms with E-state index in [1.54, 1.807) is 43.7 Å². The predicted molar refractivity (Wildman–Crippen MR) is 209 cm³/mol. The van der Waals surface area contributed by atoms with Gasteiger partial charge in [-0.1, -0.05) is 57.5 Å². The van der Waals surface area contributed by atoms with E-state index in [1.807, 2.05) is 49.4 Å². The Kier molecular flexibility index (Phi) is 17.3. The molecule has 2 heterocycles. The number of aromatic nitrogens is 1. The summed E-state index contributed by atoms with van der Waals surface area (Å²) in [6.45, 7) is 13.0. The summed E-state index contributed by atoms with van der Waals surface area (Å²) in [6.07, 6.45) is 4.33.